The van der Waals surface area contributed by atoms with Gasteiger partial charge in [-0.1, -0.05) is 60.1 Å². The number of carbonyl (C=O) groups is 2. The molecule has 0 N–H and O–H groups in total. The molecular formula is C26H24ClF3N2O2. The Bertz CT molecular complexity index is 1130. The molecule has 3 rings (SSSR count). The van der Waals surface area contributed by atoms with Crippen molar-refractivity contribution in [2.75, 3.05) is 25.5 Å². The molecule has 0 spiro atoms. The second-order valence-corrected chi connectivity index (χ2v) is 8.43. The number of halogens is 4. The van der Waals surface area contributed by atoms with Crippen LogP contribution in [0.5, 0.6) is 0 Å². The fourth-order valence-electron chi connectivity index (χ4n) is 3.56. The van der Waals surface area contributed by atoms with Gasteiger partial charge in [0.05, 0.1) is 5.56 Å². The quantitative estimate of drug-likeness (QED) is 0.394. The Morgan fingerprint density at radius 1 is 0.882 bits per heavy atom. The van der Waals surface area contributed by atoms with Crippen molar-refractivity contribution >= 4 is 29.1 Å². The Labute approximate surface area is 201 Å². The van der Waals surface area contributed by atoms with Crippen molar-refractivity contribution in [2.45, 2.75) is 18.5 Å². The molecule has 0 saturated heterocycles. The fraction of sp³-hybridized carbons (Fsp3) is 0.231. The molecule has 1 unspecified atom stereocenters. The summed E-state index contributed by atoms with van der Waals surface area (Å²) in [6.45, 7) is 0.147. The van der Waals surface area contributed by atoms with Crippen LogP contribution < -0.4 is 4.90 Å². The Kier molecular flexibility index (Phi) is 7.99. The maximum Gasteiger partial charge on any atom is 0.416 e. The molecule has 3 aromatic carbocycles. The summed E-state index contributed by atoms with van der Waals surface area (Å²) in [5.74, 6) is -1.90. The van der Waals surface area contributed by atoms with E-state index in [1.54, 1.807) is 68.7 Å². The second kappa shape index (κ2) is 10.7. The largest absolute Gasteiger partial charge is 0.416 e. The number of benzene rings is 3. The molecule has 0 saturated carbocycles. The van der Waals surface area contributed by atoms with E-state index in [4.69, 9.17) is 11.6 Å². The first kappa shape index (κ1) is 25.3. The molecule has 0 aliphatic rings. The second-order valence-electron chi connectivity index (χ2n) is 7.99. The van der Waals surface area contributed by atoms with Crippen molar-refractivity contribution in [1.82, 2.24) is 4.90 Å². The van der Waals surface area contributed by atoms with Crippen molar-refractivity contribution in [1.29, 1.82) is 0 Å². The van der Waals surface area contributed by atoms with Crippen LogP contribution in [-0.4, -0.2) is 37.4 Å². The first-order valence-electron chi connectivity index (χ1n) is 10.6. The summed E-state index contributed by atoms with van der Waals surface area (Å²) in [7, 11) is 3.16. The number of carbonyl (C=O) groups excluding carboxylic acids is 2. The lowest BCUT2D eigenvalue weighted by molar-refractivity contribution is -0.138. The number of anilines is 1. The minimum Gasteiger partial charge on any atom is -0.348 e. The number of alkyl halides is 3. The zero-order valence-corrected chi connectivity index (χ0v) is 19.5. The van der Waals surface area contributed by atoms with Crippen LogP contribution in [0.2, 0.25) is 5.02 Å². The minimum absolute atomic E-state index is 0.147. The third-order valence-corrected chi connectivity index (χ3v) is 5.59. The van der Waals surface area contributed by atoms with Crippen LogP contribution in [0.15, 0.2) is 78.9 Å². The lowest BCUT2D eigenvalue weighted by atomic mass is 9.95. The smallest absolute Gasteiger partial charge is 0.348 e. The zero-order chi connectivity index (χ0) is 24.9. The van der Waals surface area contributed by atoms with Gasteiger partial charge in [0.25, 0.3) is 0 Å². The number of hydrogen-bond donors (Lipinski definition) is 0. The summed E-state index contributed by atoms with van der Waals surface area (Å²) < 4.78 is 38.7. The van der Waals surface area contributed by atoms with Crippen molar-refractivity contribution < 1.29 is 22.8 Å². The molecule has 8 heteroatoms. The molecule has 3 aromatic rings. The number of rotatable bonds is 7. The maximum absolute atomic E-state index is 13.8. The van der Waals surface area contributed by atoms with Crippen LogP contribution in [0.1, 0.15) is 22.6 Å². The van der Waals surface area contributed by atoms with E-state index in [-0.39, 0.29) is 18.9 Å². The van der Waals surface area contributed by atoms with Crippen LogP contribution >= 0.6 is 11.6 Å². The summed E-state index contributed by atoms with van der Waals surface area (Å²) in [5.41, 5.74) is 0.937. The molecule has 4 nitrogen and oxygen atoms in total. The number of nitrogens with zero attached hydrogens (tertiary/aromatic N) is 2. The Morgan fingerprint density at radius 3 is 2.09 bits per heavy atom. The Balaban J connectivity index is 1.95. The molecule has 0 aliphatic heterocycles. The Hall–Kier alpha value is -3.32. The Morgan fingerprint density at radius 2 is 1.53 bits per heavy atom. The monoisotopic (exact) mass is 488 g/mol. The first-order chi connectivity index (χ1) is 16.1. The highest BCUT2D eigenvalue weighted by molar-refractivity contribution is 6.31. The van der Waals surface area contributed by atoms with Crippen molar-refractivity contribution in [3.05, 3.63) is 101 Å². The number of hydrogen-bond acceptors (Lipinski definition) is 2. The molecule has 0 aliphatic carbocycles. The standard InChI is InChI=1S/C26H24ClF3N2O2/c1-31(2)24(33)23(19-7-4-3-5-8-19)25(34)32(22-10-6-9-21(27)17-22)16-15-18-11-13-20(14-12-18)26(28,29)30/h3-14,17,23H,15-16H2,1-2H3. The van der Waals surface area contributed by atoms with E-state index in [9.17, 15) is 22.8 Å². The van der Waals surface area contributed by atoms with Crippen molar-refractivity contribution in [3.63, 3.8) is 0 Å². The van der Waals surface area contributed by atoms with Gasteiger partial charge in [0.15, 0.2) is 0 Å². The fourth-order valence-corrected chi connectivity index (χ4v) is 3.75. The van der Waals surface area contributed by atoms with E-state index >= 15 is 0 Å². The number of likely N-dealkylation sites (N-methyl/N-ethyl adjacent to an activating group) is 1. The van der Waals surface area contributed by atoms with Crippen molar-refractivity contribution in [2.24, 2.45) is 0 Å². The van der Waals surface area contributed by atoms with Gasteiger partial charge in [0, 0.05) is 31.4 Å². The van der Waals surface area contributed by atoms with Crippen LogP contribution in [0.3, 0.4) is 0 Å². The molecule has 178 valence electrons. The number of amides is 2. The predicted octanol–water partition coefficient (Wildman–Crippen LogP) is 5.81. The highest BCUT2D eigenvalue weighted by Gasteiger charge is 2.34. The summed E-state index contributed by atoms with van der Waals surface area (Å²) in [4.78, 5) is 29.7. The van der Waals surface area contributed by atoms with Gasteiger partial charge in [0.2, 0.25) is 11.8 Å². The molecule has 0 bridgehead atoms. The van der Waals surface area contributed by atoms with Crippen LogP contribution in [-0.2, 0) is 22.2 Å². The summed E-state index contributed by atoms with van der Waals surface area (Å²) in [6, 6.07) is 20.3. The van der Waals surface area contributed by atoms with E-state index in [0.717, 1.165) is 12.1 Å². The van der Waals surface area contributed by atoms with Gasteiger partial charge in [-0.3, -0.25) is 9.59 Å². The van der Waals surface area contributed by atoms with Crippen LogP contribution in [0.25, 0.3) is 0 Å². The average molecular weight is 489 g/mol. The van der Waals surface area contributed by atoms with Gasteiger partial charge in [-0.25, -0.2) is 0 Å². The summed E-state index contributed by atoms with van der Waals surface area (Å²) in [6.07, 6.45) is -4.13. The lowest BCUT2D eigenvalue weighted by Crippen LogP contribution is -2.43. The predicted molar refractivity (Wildman–Crippen MR) is 127 cm³/mol. The molecular weight excluding hydrogens is 465 g/mol. The highest BCUT2D eigenvalue weighted by atomic mass is 35.5. The van der Waals surface area contributed by atoms with Crippen LogP contribution in [0, 0.1) is 0 Å². The van der Waals surface area contributed by atoms with E-state index in [1.807, 2.05) is 0 Å². The SMILES string of the molecule is CN(C)C(=O)C(C(=O)N(CCc1ccc(C(F)(F)F)cc1)c1cccc(Cl)c1)c1ccccc1. The van der Waals surface area contributed by atoms with Gasteiger partial charge in [-0.2, -0.15) is 13.2 Å². The average Bonchev–Trinajstić information content (AvgIpc) is 2.80. The zero-order valence-electron chi connectivity index (χ0n) is 18.7. The van der Waals surface area contributed by atoms with E-state index < -0.39 is 23.6 Å². The molecule has 0 heterocycles. The maximum atomic E-state index is 13.8. The third kappa shape index (κ3) is 6.17. The summed E-state index contributed by atoms with van der Waals surface area (Å²) in [5, 5.41) is 0.417. The van der Waals surface area contributed by atoms with Gasteiger partial charge in [0.1, 0.15) is 5.92 Å². The summed E-state index contributed by atoms with van der Waals surface area (Å²) >= 11 is 6.16. The highest BCUT2D eigenvalue weighted by Crippen LogP contribution is 2.30. The van der Waals surface area contributed by atoms with Crippen LogP contribution in [0.4, 0.5) is 18.9 Å². The van der Waals surface area contributed by atoms with E-state index in [1.165, 1.54) is 21.9 Å². The van der Waals surface area contributed by atoms with Gasteiger partial charge in [-0.05, 0) is 47.9 Å². The molecule has 0 fully saturated rings. The van der Waals surface area contributed by atoms with Gasteiger partial charge >= 0.3 is 6.18 Å². The third-order valence-electron chi connectivity index (χ3n) is 5.36. The molecule has 34 heavy (non-hydrogen) atoms. The van der Waals surface area contributed by atoms with E-state index in [0.29, 0.717) is 21.8 Å². The van der Waals surface area contributed by atoms with Gasteiger partial charge < -0.3 is 9.80 Å². The minimum atomic E-state index is -4.42. The topological polar surface area (TPSA) is 40.6 Å². The van der Waals surface area contributed by atoms with Gasteiger partial charge in [-0.15, -0.1) is 0 Å². The van der Waals surface area contributed by atoms with Crippen molar-refractivity contribution in [3.8, 4) is 0 Å². The molecule has 0 aromatic heterocycles. The first-order valence-corrected chi connectivity index (χ1v) is 10.9. The van der Waals surface area contributed by atoms with E-state index in [2.05, 4.69) is 0 Å². The molecule has 1 atom stereocenters. The molecule has 2 amide bonds. The normalized spacial score (nSPS) is 12.2. The lowest BCUT2D eigenvalue weighted by Gasteiger charge is -2.29. The molecule has 0 radical (unpaired) electrons.